The van der Waals surface area contributed by atoms with Gasteiger partial charge in [-0.05, 0) is 6.07 Å². The van der Waals surface area contributed by atoms with Gasteiger partial charge in [-0.2, -0.15) is 0 Å². The predicted octanol–water partition coefficient (Wildman–Crippen LogP) is 0.774. The second-order valence-corrected chi connectivity index (χ2v) is 4.26. The van der Waals surface area contributed by atoms with Gasteiger partial charge in [0.25, 0.3) is 0 Å². The highest BCUT2D eigenvalue weighted by Gasteiger charge is 1.99. The first kappa shape index (κ1) is 16.8. The Morgan fingerprint density at radius 1 is 1.10 bits per heavy atom. The molecule has 0 fully saturated rings. The number of aromatic nitrogens is 1. The van der Waals surface area contributed by atoms with E-state index in [4.69, 9.17) is 36.9 Å². The van der Waals surface area contributed by atoms with E-state index in [2.05, 4.69) is 4.98 Å². The van der Waals surface area contributed by atoms with Crippen LogP contribution in [-0.2, 0) is 14.2 Å². The van der Waals surface area contributed by atoms with Crippen LogP contribution in [0, 0.1) is 0 Å². The summed E-state index contributed by atoms with van der Waals surface area (Å²) in [4.78, 5) is 4.40. The van der Waals surface area contributed by atoms with Crippen LogP contribution in [-0.4, -0.2) is 56.7 Å². The Hall–Kier alpha value is -1.28. The molecular formula is C13H20N2O4S. The van der Waals surface area contributed by atoms with Crippen LogP contribution in [0.5, 0.6) is 5.88 Å². The summed E-state index contributed by atoms with van der Waals surface area (Å²) in [5.74, 6) is 0.518. The molecule has 0 aliphatic carbocycles. The Balaban J connectivity index is 2.02. The summed E-state index contributed by atoms with van der Waals surface area (Å²) in [7, 11) is 1.64. The molecule has 6 nitrogen and oxygen atoms in total. The minimum Gasteiger partial charge on any atom is -0.475 e. The minimum absolute atomic E-state index is 0.320. The Morgan fingerprint density at radius 2 is 1.75 bits per heavy atom. The van der Waals surface area contributed by atoms with Crippen molar-refractivity contribution in [3.63, 3.8) is 0 Å². The molecule has 0 unspecified atom stereocenters. The molecule has 0 radical (unpaired) electrons. The van der Waals surface area contributed by atoms with E-state index < -0.39 is 0 Å². The molecule has 0 saturated carbocycles. The number of nitrogens with zero attached hydrogens (tertiary/aromatic N) is 1. The van der Waals surface area contributed by atoms with Gasteiger partial charge in [0.05, 0.1) is 33.0 Å². The molecule has 0 bridgehead atoms. The van der Waals surface area contributed by atoms with Crippen LogP contribution in [0.1, 0.15) is 5.56 Å². The maximum atomic E-state index is 5.47. The Kier molecular flexibility index (Phi) is 8.81. The zero-order valence-corrected chi connectivity index (χ0v) is 12.4. The van der Waals surface area contributed by atoms with Gasteiger partial charge in [0.15, 0.2) is 0 Å². The fourth-order valence-electron chi connectivity index (χ4n) is 1.28. The third kappa shape index (κ3) is 7.34. The van der Waals surface area contributed by atoms with E-state index in [-0.39, 0.29) is 0 Å². The maximum absolute atomic E-state index is 5.47. The Morgan fingerprint density at radius 3 is 2.30 bits per heavy atom. The molecule has 0 spiro atoms. The molecule has 0 aliphatic heterocycles. The molecule has 20 heavy (non-hydrogen) atoms. The number of rotatable bonds is 11. The molecule has 1 aromatic heterocycles. The van der Waals surface area contributed by atoms with Crippen molar-refractivity contribution in [2.45, 2.75) is 0 Å². The van der Waals surface area contributed by atoms with Gasteiger partial charge in [-0.25, -0.2) is 4.98 Å². The van der Waals surface area contributed by atoms with E-state index >= 15 is 0 Å². The van der Waals surface area contributed by atoms with E-state index in [1.54, 1.807) is 25.4 Å². The van der Waals surface area contributed by atoms with Crippen molar-refractivity contribution in [3.05, 3.63) is 23.9 Å². The average Bonchev–Trinajstić information content (AvgIpc) is 2.46. The third-order valence-corrected chi connectivity index (χ3v) is 2.54. The molecule has 0 saturated heterocycles. The van der Waals surface area contributed by atoms with Crippen LogP contribution in [0.3, 0.4) is 0 Å². The van der Waals surface area contributed by atoms with E-state index in [0.717, 1.165) is 5.56 Å². The quantitative estimate of drug-likeness (QED) is 0.478. The van der Waals surface area contributed by atoms with Crippen molar-refractivity contribution >= 4 is 17.2 Å². The van der Waals surface area contributed by atoms with Gasteiger partial charge in [0, 0.05) is 24.9 Å². The Bertz CT molecular complexity index is 386. The lowest BCUT2D eigenvalue weighted by molar-refractivity contribution is 0.0176. The van der Waals surface area contributed by atoms with E-state index in [1.165, 1.54) is 0 Å². The molecule has 112 valence electrons. The SMILES string of the molecule is COCCOCCOCCOc1ccc(C(N)=S)cn1. The first-order valence-electron chi connectivity index (χ1n) is 6.27. The topological polar surface area (TPSA) is 75.8 Å². The van der Waals surface area contributed by atoms with Crippen LogP contribution in [0.2, 0.25) is 0 Å². The second-order valence-electron chi connectivity index (χ2n) is 3.82. The molecule has 0 aromatic carbocycles. The molecule has 0 aliphatic rings. The van der Waals surface area contributed by atoms with Crippen molar-refractivity contribution in [2.75, 3.05) is 46.8 Å². The van der Waals surface area contributed by atoms with Crippen molar-refractivity contribution < 1.29 is 18.9 Å². The van der Waals surface area contributed by atoms with Gasteiger partial charge in [-0.1, -0.05) is 12.2 Å². The highest BCUT2D eigenvalue weighted by Crippen LogP contribution is 2.07. The predicted molar refractivity (Wildman–Crippen MR) is 79.1 cm³/mol. The van der Waals surface area contributed by atoms with Crippen molar-refractivity contribution in [2.24, 2.45) is 5.73 Å². The highest BCUT2D eigenvalue weighted by atomic mass is 32.1. The first-order chi connectivity index (χ1) is 9.74. The zero-order valence-electron chi connectivity index (χ0n) is 11.5. The van der Waals surface area contributed by atoms with E-state index in [9.17, 15) is 0 Å². The second kappa shape index (κ2) is 10.5. The number of methoxy groups -OCH3 is 1. The fourth-order valence-corrected chi connectivity index (χ4v) is 1.40. The molecule has 0 amide bonds. The zero-order chi connectivity index (χ0) is 14.6. The number of nitrogens with two attached hydrogens (primary N) is 1. The average molecular weight is 300 g/mol. The van der Waals surface area contributed by atoms with Gasteiger partial charge >= 0.3 is 0 Å². The van der Waals surface area contributed by atoms with Crippen LogP contribution < -0.4 is 10.5 Å². The monoisotopic (exact) mass is 300 g/mol. The molecule has 0 atom stereocenters. The van der Waals surface area contributed by atoms with Crippen molar-refractivity contribution in [1.29, 1.82) is 0 Å². The van der Waals surface area contributed by atoms with Gasteiger partial charge in [0.1, 0.15) is 11.6 Å². The highest BCUT2D eigenvalue weighted by molar-refractivity contribution is 7.80. The summed E-state index contributed by atoms with van der Waals surface area (Å²) in [6.45, 7) is 3.15. The third-order valence-electron chi connectivity index (χ3n) is 2.30. The van der Waals surface area contributed by atoms with Crippen LogP contribution in [0.15, 0.2) is 18.3 Å². The van der Waals surface area contributed by atoms with Crippen LogP contribution in [0.4, 0.5) is 0 Å². The number of hydrogen-bond donors (Lipinski definition) is 1. The van der Waals surface area contributed by atoms with Crippen LogP contribution in [0.25, 0.3) is 0 Å². The maximum Gasteiger partial charge on any atom is 0.213 e. The van der Waals surface area contributed by atoms with Crippen molar-refractivity contribution in [1.82, 2.24) is 4.98 Å². The summed E-state index contributed by atoms with van der Waals surface area (Å²) in [6, 6.07) is 3.50. The molecule has 7 heteroatoms. The summed E-state index contributed by atoms with van der Waals surface area (Å²) in [6.07, 6.45) is 1.59. The summed E-state index contributed by atoms with van der Waals surface area (Å²) < 4.78 is 20.8. The summed E-state index contributed by atoms with van der Waals surface area (Å²) in [5.41, 5.74) is 6.19. The van der Waals surface area contributed by atoms with Gasteiger partial charge in [0.2, 0.25) is 5.88 Å². The molecule has 1 aromatic rings. The van der Waals surface area contributed by atoms with Gasteiger partial charge in [-0.15, -0.1) is 0 Å². The number of hydrogen-bond acceptors (Lipinski definition) is 6. The largest absolute Gasteiger partial charge is 0.475 e. The van der Waals surface area contributed by atoms with Gasteiger partial charge in [-0.3, -0.25) is 0 Å². The molecule has 2 N–H and O–H groups in total. The lowest BCUT2D eigenvalue weighted by atomic mass is 10.3. The normalized spacial score (nSPS) is 10.4. The van der Waals surface area contributed by atoms with Crippen molar-refractivity contribution in [3.8, 4) is 5.88 Å². The first-order valence-corrected chi connectivity index (χ1v) is 6.68. The lowest BCUT2D eigenvalue weighted by Crippen LogP contribution is -2.13. The number of ether oxygens (including phenoxy) is 4. The number of thiocarbonyl (C=S) groups is 1. The number of pyridine rings is 1. The standard InChI is InChI=1S/C13H20N2O4S/c1-16-4-5-17-6-7-18-8-9-19-12-3-2-11(10-15-12)13(14)20/h2-3,10H,4-9H2,1H3,(H2,14,20). The Labute approximate surface area is 124 Å². The van der Waals surface area contributed by atoms with E-state index in [0.29, 0.717) is 50.5 Å². The van der Waals surface area contributed by atoms with E-state index in [1.807, 2.05) is 0 Å². The smallest absolute Gasteiger partial charge is 0.213 e. The summed E-state index contributed by atoms with van der Waals surface area (Å²) >= 11 is 4.84. The molecular weight excluding hydrogens is 280 g/mol. The summed E-state index contributed by atoms with van der Waals surface area (Å²) in [5, 5.41) is 0. The molecule has 1 rings (SSSR count). The van der Waals surface area contributed by atoms with Crippen LogP contribution >= 0.6 is 12.2 Å². The van der Waals surface area contributed by atoms with Gasteiger partial charge < -0.3 is 24.7 Å². The fraction of sp³-hybridized carbons (Fsp3) is 0.538. The minimum atomic E-state index is 0.320. The lowest BCUT2D eigenvalue weighted by Gasteiger charge is -2.07. The molecule has 1 heterocycles.